The van der Waals surface area contributed by atoms with Crippen molar-refractivity contribution in [2.24, 2.45) is 0 Å². The van der Waals surface area contributed by atoms with Crippen LogP contribution in [0, 0.1) is 0 Å². The predicted molar refractivity (Wildman–Crippen MR) is 78.2 cm³/mol. The molecule has 0 spiro atoms. The van der Waals surface area contributed by atoms with E-state index < -0.39 is 6.09 Å². The van der Waals surface area contributed by atoms with Crippen LogP contribution in [0.3, 0.4) is 0 Å². The third-order valence-corrected chi connectivity index (χ3v) is 2.94. The van der Waals surface area contributed by atoms with Crippen molar-refractivity contribution in [3.8, 4) is 0 Å². The summed E-state index contributed by atoms with van der Waals surface area (Å²) in [5.41, 5.74) is 1.46. The SMILES string of the molecule is O=C(Nc1cc2nc(Cl)ccn2n1)OCc1ccccc1. The molecule has 0 saturated heterocycles. The molecule has 3 rings (SSSR count). The summed E-state index contributed by atoms with van der Waals surface area (Å²) < 4.78 is 6.62. The summed E-state index contributed by atoms with van der Waals surface area (Å²) in [4.78, 5) is 15.8. The average Bonchev–Trinajstić information content (AvgIpc) is 2.87. The molecule has 0 radical (unpaired) electrons. The molecule has 2 aromatic heterocycles. The van der Waals surface area contributed by atoms with Gasteiger partial charge in [-0.05, 0) is 11.6 Å². The summed E-state index contributed by atoms with van der Waals surface area (Å²) in [6, 6.07) is 12.6. The Morgan fingerprint density at radius 1 is 1.29 bits per heavy atom. The van der Waals surface area contributed by atoms with E-state index in [0.717, 1.165) is 5.56 Å². The molecule has 3 aromatic rings. The molecule has 0 aliphatic carbocycles. The first-order chi connectivity index (χ1) is 10.2. The summed E-state index contributed by atoms with van der Waals surface area (Å²) in [6.45, 7) is 0.199. The van der Waals surface area contributed by atoms with Crippen LogP contribution in [0.4, 0.5) is 10.6 Å². The van der Waals surface area contributed by atoms with Gasteiger partial charge < -0.3 is 4.74 Å². The number of ether oxygens (including phenoxy) is 1. The fourth-order valence-corrected chi connectivity index (χ4v) is 1.92. The number of benzene rings is 1. The van der Waals surface area contributed by atoms with E-state index in [9.17, 15) is 4.79 Å². The van der Waals surface area contributed by atoms with Gasteiger partial charge in [-0.2, -0.15) is 0 Å². The lowest BCUT2D eigenvalue weighted by atomic mass is 10.2. The van der Waals surface area contributed by atoms with Gasteiger partial charge in [-0.3, -0.25) is 5.32 Å². The van der Waals surface area contributed by atoms with Crippen LogP contribution in [-0.2, 0) is 11.3 Å². The van der Waals surface area contributed by atoms with Gasteiger partial charge in [0.15, 0.2) is 11.5 Å². The molecule has 0 unspecified atom stereocenters. The number of carbonyl (C=O) groups is 1. The molecule has 21 heavy (non-hydrogen) atoms. The number of amides is 1. The van der Waals surface area contributed by atoms with E-state index >= 15 is 0 Å². The molecular formula is C14H11ClN4O2. The van der Waals surface area contributed by atoms with Crippen molar-refractivity contribution in [1.29, 1.82) is 0 Å². The van der Waals surface area contributed by atoms with Crippen molar-refractivity contribution in [3.63, 3.8) is 0 Å². The number of halogens is 1. The Kier molecular flexibility index (Phi) is 3.70. The second-order valence-electron chi connectivity index (χ2n) is 4.27. The van der Waals surface area contributed by atoms with Crippen molar-refractivity contribution in [1.82, 2.24) is 14.6 Å². The number of nitrogens with zero attached hydrogens (tertiary/aromatic N) is 3. The van der Waals surface area contributed by atoms with Crippen LogP contribution in [0.15, 0.2) is 48.7 Å². The van der Waals surface area contributed by atoms with E-state index in [-0.39, 0.29) is 6.61 Å². The third kappa shape index (κ3) is 3.29. The maximum atomic E-state index is 11.7. The lowest BCUT2D eigenvalue weighted by molar-refractivity contribution is 0.155. The fourth-order valence-electron chi connectivity index (χ4n) is 1.78. The van der Waals surface area contributed by atoms with Crippen LogP contribution in [0.25, 0.3) is 5.65 Å². The van der Waals surface area contributed by atoms with Gasteiger partial charge in [-0.1, -0.05) is 41.9 Å². The van der Waals surface area contributed by atoms with Gasteiger partial charge in [-0.25, -0.2) is 14.3 Å². The molecule has 1 amide bonds. The number of carbonyl (C=O) groups excluding carboxylic acids is 1. The molecule has 0 atom stereocenters. The van der Waals surface area contributed by atoms with Gasteiger partial charge in [0, 0.05) is 12.3 Å². The maximum Gasteiger partial charge on any atom is 0.413 e. The molecule has 0 saturated carbocycles. The van der Waals surface area contributed by atoms with Gasteiger partial charge in [0.2, 0.25) is 0 Å². The summed E-state index contributed by atoms with van der Waals surface area (Å²) in [7, 11) is 0. The van der Waals surface area contributed by atoms with E-state index in [2.05, 4.69) is 15.4 Å². The summed E-state index contributed by atoms with van der Waals surface area (Å²) in [5.74, 6) is 0.350. The highest BCUT2D eigenvalue weighted by molar-refractivity contribution is 6.29. The Morgan fingerprint density at radius 3 is 2.90 bits per heavy atom. The summed E-state index contributed by atoms with van der Waals surface area (Å²) in [5, 5.41) is 7.04. The monoisotopic (exact) mass is 302 g/mol. The van der Waals surface area contributed by atoms with Crippen molar-refractivity contribution in [3.05, 3.63) is 59.4 Å². The van der Waals surface area contributed by atoms with Gasteiger partial charge in [-0.15, -0.1) is 5.10 Å². The molecular weight excluding hydrogens is 292 g/mol. The highest BCUT2D eigenvalue weighted by atomic mass is 35.5. The molecule has 1 aromatic carbocycles. The zero-order chi connectivity index (χ0) is 14.7. The molecule has 0 aliphatic rings. The zero-order valence-corrected chi connectivity index (χ0v) is 11.6. The van der Waals surface area contributed by atoms with E-state index in [1.807, 2.05) is 30.3 Å². The number of aromatic nitrogens is 3. The number of nitrogens with one attached hydrogen (secondary N) is 1. The first-order valence-electron chi connectivity index (χ1n) is 6.20. The number of hydrogen-bond donors (Lipinski definition) is 1. The lowest BCUT2D eigenvalue weighted by Gasteiger charge is -2.04. The topological polar surface area (TPSA) is 68.5 Å². The number of fused-ring (bicyclic) bond motifs is 1. The normalized spacial score (nSPS) is 10.5. The molecule has 2 heterocycles. The van der Waals surface area contributed by atoms with Crippen LogP contribution < -0.4 is 5.32 Å². The minimum atomic E-state index is -0.576. The minimum absolute atomic E-state index is 0.199. The van der Waals surface area contributed by atoms with Gasteiger partial charge in [0.05, 0.1) is 0 Å². The molecule has 0 fully saturated rings. The van der Waals surface area contributed by atoms with Crippen LogP contribution in [0.2, 0.25) is 5.15 Å². The van der Waals surface area contributed by atoms with Gasteiger partial charge in [0.1, 0.15) is 11.8 Å². The summed E-state index contributed by atoms with van der Waals surface area (Å²) >= 11 is 5.79. The first kappa shape index (κ1) is 13.4. The lowest BCUT2D eigenvalue weighted by Crippen LogP contribution is -2.13. The minimum Gasteiger partial charge on any atom is -0.444 e. The standard InChI is InChI=1S/C14H11ClN4O2/c15-11-6-7-19-13(16-11)8-12(18-19)17-14(20)21-9-10-4-2-1-3-5-10/h1-8H,9H2,(H,17,18,20). The van der Waals surface area contributed by atoms with Crippen molar-refractivity contribution >= 4 is 29.2 Å². The molecule has 6 nitrogen and oxygen atoms in total. The Morgan fingerprint density at radius 2 is 2.10 bits per heavy atom. The van der Waals surface area contributed by atoms with Gasteiger partial charge >= 0.3 is 6.09 Å². The quantitative estimate of drug-likeness (QED) is 0.755. The second kappa shape index (κ2) is 5.80. The second-order valence-corrected chi connectivity index (χ2v) is 4.66. The van der Waals surface area contributed by atoms with Crippen LogP contribution in [0.1, 0.15) is 5.56 Å². The maximum absolute atomic E-state index is 11.7. The van der Waals surface area contributed by atoms with Crippen LogP contribution >= 0.6 is 11.6 Å². The fraction of sp³-hybridized carbons (Fsp3) is 0.0714. The van der Waals surface area contributed by atoms with E-state index in [1.54, 1.807) is 18.3 Å². The first-order valence-corrected chi connectivity index (χ1v) is 6.58. The Labute approximate surface area is 125 Å². The highest BCUT2D eigenvalue weighted by Crippen LogP contribution is 2.12. The molecule has 106 valence electrons. The van der Waals surface area contributed by atoms with Crippen LogP contribution in [-0.4, -0.2) is 20.7 Å². The van der Waals surface area contributed by atoms with Crippen molar-refractivity contribution in [2.75, 3.05) is 5.32 Å². The molecule has 1 N–H and O–H groups in total. The number of anilines is 1. The Hall–Kier alpha value is -2.60. The van der Waals surface area contributed by atoms with Gasteiger partial charge in [0.25, 0.3) is 0 Å². The number of hydrogen-bond acceptors (Lipinski definition) is 4. The summed E-state index contributed by atoms with van der Waals surface area (Å²) in [6.07, 6.45) is 1.08. The largest absolute Gasteiger partial charge is 0.444 e. The van der Waals surface area contributed by atoms with Crippen molar-refractivity contribution in [2.45, 2.75) is 6.61 Å². The molecule has 7 heteroatoms. The van der Waals surface area contributed by atoms with Crippen LogP contribution in [0.5, 0.6) is 0 Å². The predicted octanol–water partition coefficient (Wildman–Crippen LogP) is 3.13. The molecule has 0 aliphatic heterocycles. The number of rotatable bonds is 3. The zero-order valence-electron chi connectivity index (χ0n) is 10.9. The smallest absolute Gasteiger partial charge is 0.413 e. The molecule has 0 bridgehead atoms. The average molecular weight is 303 g/mol. The van der Waals surface area contributed by atoms with E-state index in [1.165, 1.54) is 4.52 Å². The Bertz CT molecular complexity index is 773. The van der Waals surface area contributed by atoms with E-state index in [0.29, 0.717) is 16.6 Å². The van der Waals surface area contributed by atoms with E-state index in [4.69, 9.17) is 16.3 Å². The Balaban J connectivity index is 1.63. The highest BCUT2D eigenvalue weighted by Gasteiger charge is 2.08. The third-order valence-electron chi connectivity index (χ3n) is 2.73. The van der Waals surface area contributed by atoms with Crippen molar-refractivity contribution < 1.29 is 9.53 Å².